The van der Waals surface area contributed by atoms with Crippen molar-refractivity contribution < 1.29 is 23.0 Å². The van der Waals surface area contributed by atoms with Crippen LogP contribution in [0, 0.1) is 13.8 Å². The molecule has 0 aliphatic carbocycles. The first-order valence-corrected chi connectivity index (χ1v) is 8.23. The summed E-state index contributed by atoms with van der Waals surface area (Å²) in [5, 5.41) is 9.17. The average molecular weight is 368 g/mol. The molecule has 0 saturated carbocycles. The summed E-state index contributed by atoms with van der Waals surface area (Å²) in [5.41, 5.74) is 3.49. The average Bonchev–Trinajstić information content (AvgIpc) is 2.54. The van der Waals surface area contributed by atoms with Crippen molar-refractivity contribution in [2.75, 3.05) is 13.6 Å². The van der Waals surface area contributed by atoms with Crippen LogP contribution in [0.5, 0.6) is 5.75 Å². The Labute approximate surface area is 151 Å². The number of aromatic nitrogens is 1. The molecule has 1 unspecified atom stereocenters. The van der Waals surface area contributed by atoms with Gasteiger partial charge in [0, 0.05) is 19.3 Å². The molecular weight excluding hydrogens is 345 g/mol. The molecule has 1 aromatic heterocycles. The van der Waals surface area contributed by atoms with E-state index in [0.717, 1.165) is 28.1 Å². The zero-order chi connectivity index (χ0) is 19.3. The molecule has 0 spiro atoms. The number of pyridine rings is 1. The molecule has 1 N–H and O–H groups in total. The number of hydrogen-bond acceptors (Lipinski definition) is 4. The summed E-state index contributed by atoms with van der Waals surface area (Å²) in [6, 6.07) is 9.37. The Kier molecular flexibility index (Phi) is 6.61. The Morgan fingerprint density at radius 2 is 1.85 bits per heavy atom. The second-order valence-corrected chi connectivity index (χ2v) is 6.42. The molecule has 2 aromatic rings. The Morgan fingerprint density at radius 3 is 2.38 bits per heavy atom. The molecule has 26 heavy (non-hydrogen) atoms. The van der Waals surface area contributed by atoms with Crippen molar-refractivity contribution in [3.63, 3.8) is 0 Å². The second kappa shape index (κ2) is 8.51. The third-order valence-electron chi connectivity index (χ3n) is 3.93. The molecule has 0 amide bonds. The number of benzene rings is 1. The van der Waals surface area contributed by atoms with Gasteiger partial charge in [0.2, 0.25) is 0 Å². The van der Waals surface area contributed by atoms with E-state index in [-0.39, 0.29) is 0 Å². The van der Waals surface area contributed by atoms with E-state index < -0.39 is 18.8 Å². The van der Waals surface area contributed by atoms with Crippen LogP contribution in [0.25, 0.3) is 0 Å². The standard InChI is InChI=1S/C19H23F3N2O2/c1-13-8-15(10-24(3)11-17(25)19(20,21)22)9-14(2)18(13)26-12-16-6-4-5-7-23-16/h4-9,17,25H,10-12H2,1-3H3. The fraction of sp³-hybridized carbons (Fsp3) is 0.421. The van der Waals surface area contributed by atoms with Crippen molar-refractivity contribution in [3.8, 4) is 5.75 Å². The molecule has 0 fully saturated rings. The Hall–Kier alpha value is -2.12. The second-order valence-electron chi connectivity index (χ2n) is 6.42. The fourth-order valence-electron chi connectivity index (χ4n) is 2.76. The predicted octanol–water partition coefficient (Wildman–Crippen LogP) is 3.63. The summed E-state index contributed by atoms with van der Waals surface area (Å²) in [6.45, 7) is 3.97. The number of likely N-dealkylation sites (N-methyl/N-ethyl adjacent to an activating group) is 1. The Balaban J connectivity index is 2.01. The van der Waals surface area contributed by atoms with Gasteiger partial charge < -0.3 is 9.84 Å². The van der Waals surface area contributed by atoms with Crippen LogP contribution in [0.2, 0.25) is 0 Å². The summed E-state index contributed by atoms with van der Waals surface area (Å²) in [4.78, 5) is 5.66. The minimum absolute atomic E-state index is 0.301. The van der Waals surface area contributed by atoms with Crippen molar-refractivity contribution in [1.29, 1.82) is 0 Å². The number of nitrogens with zero attached hydrogens (tertiary/aromatic N) is 2. The Bertz CT molecular complexity index is 697. The monoisotopic (exact) mass is 368 g/mol. The van der Waals surface area contributed by atoms with Crippen LogP contribution < -0.4 is 4.74 Å². The largest absolute Gasteiger partial charge is 0.487 e. The van der Waals surface area contributed by atoms with Gasteiger partial charge in [-0.05, 0) is 49.7 Å². The lowest BCUT2D eigenvalue weighted by atomic mass is 10.1. The van der Waals surface area contributed by atoms with Gasteiger partial charge in [-0.2, -0.15) is 13.2 Å². The van der Waals surface area contributed by atoms with Crippen molar-refractivity contribution in [2.45, 2.75) is 39.3 Å². The molecule has 2 rings (SSSR count). The maximum absolute atomic E-state index is 12.5. The van der Waals surface area contributed by atoms with Crippen LogP contribution in [0.15, 0.2) is 36.5 Å². The van der Waals surface area contributed by atoms with Crippen LogP contribution in [-0.2, 0) is 13.2 Å². The predicted molar refractivity (Wildman–Crippen MR) is 92.9 cm³/mol. The molecule has 4 nitrogen and oxygen atoms in total. The highest BCUT2D eigenvalue weighted by molar-refractivity contribution is 5.43. The summed E-state index contributed by atoms with van der Waals surface area (Å²) in [6.07, 6.45) is -5.26. The SMILES string of the molecule is Cc1cc(CN(C)CC(O)C(F)(F)F)cc(C)c1OCc1ccccn1. The first kappa shape index (κ1) is 20.2. The maximum atomic E-state index is 12.5. The van der Waals surface area contributed by atoms with Gasteiger partial charge in [0.15, 0.2) is 6.10 Å². The highest BCUT2D eigenvalue weighted by Crippen LogP contribution is 2.27. The molecule has 0 aliphatic rings. The maximum Gasteiger partial charge on any atom is 0.415 e. The molecule has 0 saturated heterocycles. The van der Waals surface area contributed by atoms with Crippen LogP contribution in [-0.4, -0.2) is 40.9 Å². The van der Waals surface area contributed by atoms with Crippen molar-refractivity contribution in [1.82, 2.24) is 9.88 Å². The van der Waals surface area contributed by atoms with E-state index in [2.05, 4.69) is 4.98 Å². The van der Waals surface area contributed by atoms with Gasteiger partial charge >= 0.3 is 6.18 Å². The number of aryl methyl sites for hydroxylation is 2. The van der Waals surface area contributed by atoms with Crippen LogP contribution in [0.3, 0.4) is 0 Å². The molecule has 1 heterocycles. The quantitative estimate of drug-likeness (QED) is 0.811. The zero-order valence-electron chi connectivity index (χ0n) is 15.0. The number of halogens is 3. The van der Waals surface area contributed by atoms with E-state index in [9.17, 15) is 18.3 Å². The molecule has 0 aliphatic heterocycles. The zero-order valence-corrected chi connectivity index (χ0v) is 15.0. The van der Waals surface area contributed by atoms with Crippen molar-refractivity contribution in [2.24, 2.45) is 0 Å². The molecular formula is C19H23F3N2O2. The molecule has 0 bridgehead atoms. The fourth-order valence-corrected chi connectivity index (χ4v) is 2.76. The lowest BCUT2D eigenvalue weighted by molar-refractivity contribution is -0.207. The third kappa shape index (κ3) is 5.71. The first-order chi connectivity index (χ1) is 12.2. The Morgan fingerprint density at radius 1 is 1.19 bits per heavy atom. The highest BCUT2D eigenvalue weighted by atomic mass is 19.4. The van der Waals surface area contributed by atoms with E-state index in [1.54, 1.807) is 13.2 Å². The minimum atomic E-state index is -4.61. The molecule has 1 atom stereocenters. The van der Waals surface area contributed by atoms with E-state index in [4.69, 9.17) is 4.74 Å². The smallest absolute Gasteiger partial charge is 0.415 e. The van der Waals surface area contributed by atoms with Crippen molar-refractivity contribution >= 4 is 0 Å². The molecule has 7 heteroatoms. The summed E-state index contributed by atoms with van der Waals surface area (Å²) >= 11 is 0. The number of hydrogen-bond donors (Lipinski definition) is 1. The van der Waals surface area contributed by atoms with Gasteiger partial charge in [-0.1, -0.05) is 18.2 Å². The summed E-state index contributed by atoms with van der Waals surface area (Å²) in [7, 11) is 1.55. The molecule has 142 valence electrons. The summed E-state index contributed by atoms with van der Waals surface area (Å²) < 4.78 is 43.2. The van der Waals surface area contributed by atoms with Gasteiger partial charge in [-0.25, -0.2) is 0 Å². The van der Waals surface area contributed by atoms with Crippen LogP contribution in [0.4, 0.5) is 13.2 Å². The lowest BCUT2D eigenvalue weighted by Gasteiger charge is -2.23. The van der Waals surface area contributed by atoms with Gasteiger partial charge in [0.25, 0.3) is 0 Å². The van der Waals surface area contributed by atoms with Gasteiger partial charge in [-0.15, -0.1) is 0 Å². The number of rotatable bonds is 7. The molecule has 1 aromatic carbocycles. The van der Waals surface area contributed by atoms with E-state index in [0.29, 0.717) is 13.2 Å². The number of ether oxygens (including phenoxy) is 1. The van der Waals surface area contributed by atoms with Gasteiger partial charge in [-0.3, -0.25) is 9.88 Å². The van der Waals surface area contributed by atoms with E-state index in [1.807, 2.05) is 44.2 Å². The minimum Gasteiger partial charge on any atom is -0.487 e. The van der Waals surface area contributed by atoms with Gasteiger partial charge in [0.1, 0.15) is 12.4 Å². The first-order valence-electron chi connectivity index (χ1n) is 8.23. The highest BCUT2D eigenvalue weighted by Gasteiger charge is 2.38. The number of aliphatic hydroxyl groups is 1. The van der Waals surface area contributed by atoms with Crippen molar-refractivity contribution in [3.05, 3.63) is 58.9 Å². The van der Waals surface area contributed by atoms with E-state index >= 15 is 0 Å². The van der Waals surface area contributed by atoms with Crippen LogP contribution >= 0.6 is 0 Å². The number of alkyl halides is 3. The van der Waals surface area contributed by atoms with Gasteiger partial charge in [0.05, 0.1) is 5.69 Å². The third-order valence-corrected chi connectivity index (χ3v) is 3.93. The molecule has 0 radical (unpaired) electrons. The topological polar surface area (TPSA) is 45.6 Å². The lowest BCUT2D eigenvalue weighted by Crippen LogP contribution is -2.39. The van der Waals surface area contributed by atoms with Crippen LogP contribution in [0.1, 0.15) is 22.4 Å². The normalized spacial score (nSPS) is 13.1. The summed E-state index contributed by atoms with van der Waals surface area (Å²) in [5.74, 6) is 0.748. The van der Waals surface area contributed by atoms with E-state index in [1.165, 1.54) is 4.90 Å². The number of aliphatic hydroxyl groups excluding tert-OH is 1.